The van der Waals surface area contributed by atoms with Crippen molar-refractivity contribution in [2.45, 2.75) is 38.3 Å². The number of ether oxygens (including phenoxy) is 1. The molecule has 3 nitrogen and oxygen atoms in total. The minimum Gasteiger partial charge on any atom is -0.383 e. The minimum absolute atomic E-state index is 0.706. The highest BCUT2D eigenvalue weighted by atomic mass is 79.9. The van der Waals surface area contributed by atoms with Gasteiger partial charge in [0.25, 0.3) is 0 Å². The molecule has 4 heteroatoms. The average molecular weight is 341 g/mol. The van der Waals surface area contributed by atoms with Gasteiger partial charge in [0.2, 0.25) is 0 Å². The maximum absolute atomic E-state index is 5.03. The van der Waals surface area contributed by atoms with Gasteiger partial charge in [0.1, 0.15) is 0 Å². The van der Waals surface area contributed by atoms with Gasteiger partial charge >= 0.3 is 0 Å². The van der Waals surface area contributed by atoms with Crippen molar-refractivity contribution in [2.75, 3.05) is 32.2 Å². The quantitative estimate of drug-likeness (QED) is 0.768. The first-order valence-electron chi connectivity index (χ1n) is 7.43. The maximum Gasteiger partial charge on any atom is 0.0587 e. The van der Waals surface area contributed by atoms with E-state index in [0.29, 0.717) is 6.04 Å². The second-order valence-corrected chi connectivity index (χ2v) is 6.36. The fourth-order valence-corrected chi connectivity index (χ4v) is 3.55. The molecular weight excluding hydrogens is 316 g/mol. The van der Waals surface area contributed by atoms with E-state index in [1.165, 1.54) is 41.4 Å². The lowest BCUT2D eigenvalue weighted by atomic mass is 10.1. The summed E-state index contributed by atoms with van der Waals surface area (Å²) in [5, 5.41) is 3.37. The number of anilines is 1. The Kier molecular flexibility index (Phi) is 6.33. The summed E-state index contributed by atoms with van der Waals surface area (Å²) in [4.78, 5) is 2.43. The summed E-state index contributed by atoms with van der Waals surface area (Å²) in [6.45, 7) is 2.52. The molecule has 1 saturated carbocycles. The number of hydrogen-bond acceptors (Lipinski definition) is 3. The first-order valence-corrected chi connectivity index (χ1v) is 8.22. The summed E-state index contributed by atoms with van der Waals surface area (Å²) in [5.41, 5.74) is 2.61. The third-order valence-corrected chi connectivity index (χ3v) is 4.71. The van der Waals surface area contributed by atoms with Crippen LogP contribution in [0, 0.1) is 0 Å². The van der Waals surface area contributed by atoms with Crippen molar-refractivity contribution < 1.29 is 4.74 Å². The summed E-state index contributed by atoms with van der Waals surface area (Å²) >= 11 is 3.72. The first kappa shape index (κ1) is 15.8. The lowest BCUT2D eigenvalue weighted by Crippen LogP contribution is -2.29. The largest absolute Gasteiger partial charge is 0.383 e. The summed E-state index contributed by atoms with van der Waals surface area (Å²) < 4.78 is 6.23. The van der Waals surface area contributed by atoms with Gasteiger partial charge in [-0.2, -0.15) is 0 Å². The minimum atomic E-state index is 0.706. The molecule has 1 aromatic carbocycles. The van der Waals surface area contributed by atoms with E-state index in [1.54, 1.807) is 7.11 Å². The number of nitrogens with one attached hydrogen (secondary N) is 1. The van der Waals surface area contributed by atoms with Crippen LogP contribution in [0.5, 0.6) is 0 Å². The van der Waals surface area contributed by atoms with E-state index in [0.717, 1.165) is 19.7 Å². The predicted octanol–water partition coefficient (Wildman–Crippen LogP) is 3.56. The fraction of sp³-hybridized carbons (Fsp3) is 0.625. The average Bonchev–Trinajstić information content (AvgIpc) is 2.97. The Morgan fingerprint density at radius 3 is 2.75 bits per heavy atom. The van der Waals surface area contributed by atoms with E-state index in [4.69, 9.17) is 4.74 Å². The van der Waals surface area contributed by atoms with E-state index in [1.807, 2.05) is 0 Å². The van der Waals surface area contributed by atoms with Crippen LogP contribution in [0.3, 0.4) is 0 Å². The fourth-order valence-electron chi connectivity index (χ4n) is 2.84. The normalized spacial score (nSPS) is 15.8. The molecule has 20 heavy (non-hydrogen) atoms. The van der Waals surface area contributed by atoms with Gasteiger partial charge < -0.3 is 15.0 Å². The van der Waals surface area contributed by atoms with Gasteiger partial charge in [-0.3, -0.25) is 0 Å². The maximum atomic E-state index is 5.03. The highest BCUT2D eigenvalue weighted by Crippen LogP contribution is 2.32. The van der Waals surface area contributed by atoms with Crippen LogP contribution in [0.2, 0.25) is 0 Å². The zero-order chi connectivity index (χ0) is 14.4. The molecule has 0 spiro atoms. The van der Waals surface area contributed by atoms with Crippen molar-refractivity contribution in [2.24, 2.45) is 0 Å². The number of nitrogens with zero attached hydrogens (tertiary/aromatic N) is 1. The molecule has 0 saturated heterocycles. The Morgan fingerprint density at radius 1 is 1.35 bits per heavy atom. The molecule has 0 radical (unpaired) electrons. The zero-order valence-corrected chi connectivity index (χ0v) is 14.1. The standard InChI is InChI=1S/C16H25BrN2O/c1-19(14-5-3-4-6-14)16-8-7-13(11-15(16)17)12-18-9-10-20-2/h7-8,11,14,18H,3-6,9-10,12H2,1-2H3. The van der Waals surface area contributed by atoms with E-state index < -0.39 is 0 Å². The molecule has 1 aliphatic rings. The second-order valence-electron chi connectivity index (χ2n) is 5.50. The first-order chi connectivity index (χ1) is 9.72. The van der Waals surface area contributed by atoms with E-state index in [2.05, 4.69) is 51.4 Å². The Hall–Kier alpha value is -0.580. The Morgan fingerprint density at radius 2 is 2.10 bits per heavy atom. The molecule has 0 amide bonds. The molecule has 1 fully saturated rings. The third-order valence-electron chi connectivity index (χ3n) is 4.08. The molecule has 0 unspecified atom stereocenters. The van der Waals surface area contributed by atoms with Crippen molar-refractivity contribution >= 4 is 21.6 Å². The Bertz CT molecular complexity index is 419. The van der Waals surface area contributed by atoms with Crippen LogP contribution >= 0.6 is 15.9 Å². The molecule has 0 heterocycles. The molecule has 0 atom stereocenters. The lowest BCUT2D eigenvalue weighted by Gasteiger charge is -2.27. The number of rotatable bonds is 7. The molecule has 2 rings (SSSR count). The Labute approximate surface area is 130 Å². The molecular formula is C16H25BrN2O. The van der Waals surface area contributed by atoms with Crippen molar-refractivity contribution in [1.29, 1.82) is 0 Å². The van der Waals surface area contributed by atoms with E-state index in [-0.39, 0.29) is 0 Å². The smallest absolute Gasteiger partial charge is 0.0587 e. The van der Waals surface area contributed by atoms with Gasteiger partial charge in [-0.25, -0.2) is 0 Å². The second kappa shape index (κ2) is 8.01. The monoisotopic (exact) mass is 340 g/mol. The van der Waals surface area contributed by atoms with E-state index in [9.17, 15) is 0 Å². The molecule has 0 aliphatic heterocycles. The van der Waals surface area contributed by atoms with Gasteiger partial charge in [0.15, 0.2) is 0 Å². The van der Waals surface area contributed by atoms with Gasteiger partial charge in [-0.05, 0) is 46.5 Å². The van der Waals surface area contributed by atoms with Crippen LogP contribution in [-0.4, -0.2) is 33.4 Å². The summed E-state index contributed by atoms with van der Waals surface area (Å²) in [6.07, 6.45) is 5.38. The number of halogens is 1. The molecule has 112 valence electrons. The summed E-state index contributed by atoms with van der Waals surface area (Å²) in [7, 11) is 3.94. The van der Waals surface area contributed by atoms with Gasteiger partial charge in [-0.1, -0.05) is 18.9 Å². The SMILES string of the molecule is COCCNCc1ccc(N(C)C2CCCC2)c(Br)c1. The topological polar surface area (TPSA) is 24.5 Å². The van der Waals surface area contributed by atoms with Gasteiger partial charge in [0, 0.05) is 37.8 Å². The molecule has 1 aromatic rings. The van der Waals surface area contributed by atoms with Crippen LogP contribution in [0.1, 0.15) is 31.2 Å². The van der Waals surface area contributed by atoms with Crippen molar-refractivity contribution in [3.63, 3.8) is 0 Å². The number of methoxy groups -OCH3 is 1. The third kappa shape index (κ3) is 4.21. The summed E-state index contributed by atoms with van der Waals surface area (Å²) in [6, 6.07) is 7.37. The highest BCUT2D eigenvalue weighted by molar-refractivity contribution is 9.10. The van der Waals surface area contributed by atoms with Crippen LogP contribution in [0.15, 0.2) is 22.7 Å². The van der Waals surface area contributed by atoms with Crippen molar-refractivity contribution in [3.05, 3.63) is 28.2 Å². The predicted molar refractivity (Wildman–Crippen MR) is 88.4 cm³/mol. The van der Waals surface area contributed by atoms with E-state index >= 15 is 0 Å². The van der Waals surface area contributed by atoms with Gasteiger partial charge in [-0.15, -0.1) is 0 Å². The van der Waals surface area contributed by atoms with Crippen LogP contribution in [0.4, 0.5) is 5.69 Å². The summed E-state index contributed by atoms with van der Waals surface area (Å²) in [5.74, 6) is 0. The van der Waals surface area contributed by atoms with Crippen molar-refractivity contribution in [3.8, 4) is 0 Å². The molecule has 0 aromatic heterocycles. The van der Waals surface area contributed by atoms with Crippen molar-refractivity contribution in [1.82, 2.24) is 5.32 Å². The highest BCUT2D eigenvalue weighted by Gasteiger charge is 2.21. The number of hydrogen-bond donors (Lipinski definition) is 1. The van der Waals surface area contributed by atoms with Crippen LogP contribution in [-0.2, 0) is 11.3 Å². The lowest BCUT2D eigenvalue weighted by molar-refractivity contribution is 0.199. The molecule has 1 aliphatic carbocycles. The van der Waals surface area contributed by atoms with Crippen LogP contribution < -0.4 is 10.2 Å². The molecule has 1 N–H and O–H groups in total. The molecule has 0 bridgehead atoms. The Balaban J connectivity index is 1.94. The number of benzene rings is 1. The zero-order valence-electron chi connectivity index (χ0n) is 12.5. The van der Waals surface area contributed by atoms with Crippen LogP contribution in [0.25, 0.3) is 0 Å². The van der Waals surface area contributed by atoms with Gasteiger partial charge in [0.05, 0.1) is 12.3 Å².